The molecule has 0 heterocycles. The van der Waals surface area contributed by atoms with Crippen molar-refractivity contribution in [2.75, 3.05) is 0 Å². The Balaban J connectivity index is 2.94. The molecule has 0 saturated carbocycles. The lowest BCUT2D eigenvalue weighted by Crippen LogP contribution is -2.49. The summed E-state index contributed by atoms with van der Waals surface area (Å²) in [6.45, 7) is 5.65. The van der Waals surface area contributed by atoms with Crippen LogP contribution in [0.25, 0.3) is 0 Å². The average Bonchev–Trinajstić information content (AvgIpc) is 2.37. The minimum atomic E-state index is -0.895. The Bertz CT molecular complexity index is 464. The molecule has 0 spiro atoms. The molecule has 4 nitrogen and oxygen atoms in total. The summed E-state index contributed by atoms with van der Waals surface area (Å²) in [5, 5.41) is 11.9. The van der Waals surface area contributed by atoms with Crippen LogP contribution in [-0.2, 0) is 4.79 Å². The standard InChI is InChI=1S/C15H21NO3/c1-4-15(5-2,10-13(17)18)16-14(19)12-9-7-6-8-11(12)3/h6-9H,4-5,10H2,1-3H3,(H,16,19)(H,17,18). The highest BCUT2D eigenvalue weighted by Crippen LogP contribution is 2.21. The van der Waals surface area contributed by atoms with E-state index in [-0.39, 0.29) is 12.3 Å². The lowest BCUT2D eigenvalue weighted by Gasteiger charge is -2.31. The number of aliphatic carboxylic acids is 1. The molecule has 1 rings (SSSR count). The van der Waals surface area contributed by atoms with Gasteiger partial charge < -0.3 is 10.4 Å². The van der Waals surface area contributed by atoms with Crippen molar-refractivity contribution in [1.82, 2.24) is 5.32 Å². The number of amides is 1. The van der Waals surface area contributed by atoms with Crippen LogP contribution in [-0.4, -0.2) is 22.5 Å². The fraction of sp³-hybridized carbons (Fsp3) is 0.467. The number of benzene rings is 1. The molecular formula is C15H21NO3. The highest BCUT2D eigenvalue weighted by atomic mass is 16.4. The smallest absolute Gasteiger partial charge is 0.305 e. The van der Waals surface area contributed by atoms with Gasteiger partial charge in [-0.05, 0) is 31.4 Å². The van der Waals surface area contributed by atoms with E-state index in [1.54, 1.807) is 12.1 Å². The van der Waals surface area contributed by atoms with Gasteiger partial charge in [0.2, 0.25) is 0 Å². The second-order valence-electron chi connectivity index (χ2n) is 4.83. The predicted molar refractivity (Wildman–Crippen MR) is 74.2 cm³/mol. The molecule has 104 valence electrons. The van der Waals surface area contributed by atoms with Gasteiger partial charge in [-0.3, -0.25) is 9.59 Å². The lowest BCUT2D eigenvalue weighted by atomic mass is 9.88. The SMILES string of the molecule is CCC(CC)(CC(=O)O)NC(=O)c1ccccc1C. The summed E-state index contributed by atoms with van der Waals surface area (Å²) in [7, 11) is 0. The molecule has 1 amide bonds. The van der Waals surface area contributed by atoms with E-state index in [0.717, 1.165) is 5.56 Å². The van der Waals surface area contributed by atoms with Crippen LogP contribution in [0, 0.1) is 6.92 Å². The van der Waals surface area contributed by atoms with E-state index in [9.17, 15) is 9.59 Å². The van der Waals surface area contributed by atoms with Crippen LogP contribution in [0.3, 0.4) is 0 Å². The fourth-order valence-electron chi connectivity index (χ4n) is 2.15. The third kappa shape index (κ3) is 3.81. The Kier molecular flexibility index (Phi) is 5.10. The molecule has 0 saturated heterocycles. The van der Waals surface area contributed by atoms with Crippen molar-refractivity contribution in [3.63, 3.8) is 0 Å². The van der Waals surface area contributed by atoms with Crippen molar-refractivity contribution in [3.05, 3.63) is 35.4 Å². The van der Waals surface area contributed by atoms with Crippen LogP contribution in [0.4, 0.5) is 0 Å². The molecule has 0 unspecified atom stereocenters. The van der Waals surface area contributed by atoms with Crippen molar-refractivity contribution in [1.29, 1.82) is 0 Å². The van der Waals surface area contributed by atoms with Gasteiger partial charge in [0.15, 0.2) is 0 Å². The number of nitrogens with one attached hydrogen (secondary N) is 1. The molecule has 0 radical (unpaired) electrons. The van der Waals surface area contributed by atoms with Crippen molar-refractivity contribution in [2.45, 2.75) is 45.6 Å². The Hall–Kier alpha value is -1.84. The second-order valence-corrected chi connectivity index (χ2v) is 4.83. The van der Waals surface area contributed by atoms with Crippen LogP contribution in [0.5, 0.6) is 0 Å². The highest BCUT2D eigenvalue weighted by Gasteiger charge is 2.31. The molecule has 1 aromatic carbocycles. The first-order valence-electron chi connectivity index (χ1n) is 6.54. The molecule has 1 aromatic rings. The van der Waals surface area contributed by atoms with E-state index in [2.05, 4.69) is 5.32 Å². The molecule has 0 aliphatic carbocycles. The van der Waals surface area contributed by atoms with E-state index in [4.69, 9.17) is 5.11 Å². The summed E-state index contributed by atoms with van der Waals surface area (Å²) in [5.41, 5.74) is 0.807. The number of hydrogen-bond acceptors (Lipinski definition) is 2. The topological polar surface area (TPSA) is 66.4 Å². The van der Waals surface area contributed by atoms with E-state index < -0.39 is 11.5 Å². The van der Waals surface area contributed by atoms with E-state index >= 15 is 0 Å². The number of carbonyl (C=O) groups excluding carboxylic acids is 1. The Morgan fingerprint density at radius 2 is 1.79 bits per heavy atom. The van der Waals surface area contributed by atoms with Crippen LogP contribution < -0.4 is 5.32 Å². The van der Waals surface area contributed by atoms with E-state index in [1.807, 2.05) is 32.9 Å². The molecule has 0 bridgehead atoms. The van der Waals surface area contributed by atoms with Gasteiger partial charge >= 0.3 is 5.97 Å². The molecule has 4 heteroatoms. The van der Waals surface area contributed by atoms with Gasteiger partial charge in [0.1, 0.15) is 0 Å². The maximum Gasteiger partial charge on any atom is 0.305 e. The zero-order valence-corrected chi connectivity index (χ0v) is 11.7. The largest absolute Gasteiger partial charge is 0.481 e. The van der Waals surface area contributed by atoms with Crippen molar-refractivity contribution in [3.8, 4) is 0 Å². The third-order valence-electron chi connectivity index (χ3n) is 3.61. The number of hydrogen-bond donors (Lipinski definition) is 2. The number of carboxylic acid groups (broad SMARTS) is 1. The average molecular weight is 263 g/mol. The third-order valence-corrected chi connectivity index (χ3v) is 3.61. The van der Waals surface area contributed by atoms with Crippen LogP contribution in [0.15, 0.2) is 24.3 Å². The number of carboxylic acids is 1. The number of aryl methyl sites for hydroxylation is 1. The first-order valence-corrected chi connectivity index (χ1v) is 6.54. The van der Waals surface area contributed by atoms with Gasteiger partial charge in [0.05, 0.1) is 12.0 Å². The minimum absolute atomic E-state index is 0.0579. The molecule has 19 heavy (non-hydrogen) atoms. The molecule has 0 fully saturated rings. The molecule has 0 aromatic heterocycles. The van der Waals surface area contributed by atoms with Gasteiger partial charge in [0.25, 0.3) is 5.91 Å². The predicted octanol–water partition coefficient (Wildman–Crippen LogP) is 2.76. The Labute approximate surface area is 113 Å². The maximum absolute atomic E-state index is 12.3. The minimum Gasteiger partial charge on any atom is -0.481 e. The highest BCUT2D eigenvalue weighted by molar-refractivity contribution is 5.96. The van der Waals surface area contributed by atoms with Crippen LogP contribution in [0.1, 0.15) is 49.0 Å². The number of rotatable bonds is 6. The summed E-state index contributed by atoms with van der Waals surface area (Å²) >= 11 is 0. The maximum atomic E-state index is 12.3. The van der Waals surface area contributed by atoms with Crippen molar-refractivity contribution >= 4 is 11.9 Å². The summed E-state index contributed by atoms with van der Waals surface area (Å²) in [6.07, 6.45) is 1.12. The van der Waals surface area contributed by atoms with Gasteiger partial charge in [0, 0.05) is 5.56 Å². The van der Waals surface area contributed by atoms with Gasteiger partial charge in [-0.15, -0.1) is 0 Å². The van der Waals surface area contributed by atoms with Crippen LogP contribution in [0.2, 0.25) is 0 Å². The first-order chi connectivity index (χ1) is 8.94. The fourth-order valence-corrected chi connectivity index (χ4v) is 2.15. The van der Waals surface area contributed by atoms with E-state index in [1.165, 1.54) is 0 Å². The first kappa shape index (κ1) is 15.2. The summed E-state index contributed by atoms with van der Waals surface area (Å²) in [5.74, 6) is -1.10. The second kappa shape index (κ2) is 6.36. The van der Waals surface area contributed by atoms with Gasteiger partial charge in [-0.1, -0.05) is 32.0 Å². The summed E-state index contributed by atoms with van der Waals surface area (Å²) < 4.78 is 0. The zero-order valence-electron chi connectivity index (χ0n) is 11.7. The number of carbonyl (C=O) groups is 2. The zero-order chi connectivity index (χ0) is 14.5. The Morgan fingerprint density at radius 3 is 2.26 bits per heavy atom. The van der Waals surface area contributed by atoms with Crippen molar-refractivity contribution < 1.29 is 14.7 Å². The Morgan fingerprint density at radius 1 is 1.21 bits per heavy atom. The van der Waals surface area contributed by atoms with Gasteiger partial charge in [-0.25, -0.2) is 0 Å². The normalized spacial score (nSPS) is 11.1. The van der Waals surface area contributed by atoms with E-state index in [0.29, 0.717) is 18.4 Å². The molecular weight excluding hydrogens is 242 g/mol. The molecule has 0 atom stereocenters. The summed E-state index contributed by atoms with van der Waals surface area (Å²) in [6, 6.07) is 7.29. The molecule has 2 N–H and O–H groups in total. The lowest BCUT2D eigenvalue weighted by molar-refractivity contribution is -0.138. The monoisotopic (exact) mass is 263 g/mol. The van der Waals surface area contributed by atoms with Crippen molar-refractivity contribution in [2.24, 2.45) is 0 Å². The summed E-state index contributed by atoms with van der Waals surface area (Å²) in [4.78, 5) is 23.2. The van der Waals surface area contributed by atoms with Gasteiger partial charge in [-0.2, -0.15) is 0 Å². The van der Waals surface area contributed by atoms with Crippen LogP contribution >= 0.6 is 0 Å². The molecule has 0 aliphatic heterocycles. The quantitative estimate of drug-likeness (QED) is 0.829. The molecule has 0 aliphatic rings.